The van der Waals surface area contributed by atoms with Crippen molar-refractivity contribution in [3.63, 3.8) is 0 Å². The van der Waals surface area contributed by atoms with Crippen LogP contribution in [-0.4, -0.2) is 46.4 Å². The highest BCUT2D eigenvalue weighted by atomic mass is 32.2. The second-order valence-electron chi connectivity index (χ2n) is 7.49. The summed E-state index contributed by atoms with van der Waals surface area (Å²) in [7, 11) is 0. The summed E-state index contributed by atoms with van der Waals surface area (Å²) in [6.07, 6.45) is 4.67. The average Bonchev–Trinajstić information content (AvgIpc) is 3.19. The number of amides is 1. The van der Waals surface area contributed by atoms with Crippen LogP contribution in [0.15, 0.2) is 40.0 Å². The Kier molecular flexibility index (Phi) is 6.38. The highest BCUT2D eigenvalue weighted by molar-refractivity contribution is 7.98. The Labute approximate surface area is 183 Å². The van der Waals surface area contributed by atoms with Crippen molar-refractivity contribution in [3.05, 3.63) is 51.9 Å². The van der Waals surface area contributed by atoms with Crippen LogP contribution in [0.5, 0.6) is 0 Å². The number of piperidine rings is 1. The lowest BCUT2D eigenvalue weighted by Gasteiger charge is -2.31. The van der Waals surface area contributed by atoms with E-state index in [1.807, 2.05) is 0 Å². The third-order valence-electron chi connectivity index (χ3n) is 5.30. The molecule has 1 N–H and O–H groups in total. The maximum Gasteiger partial charge on any atom is 0.275 e. The lowest BCUT2D eigenvalue weighted by atomic mass is 9.97. The zero-order chi connectivity index (χ0) is 21.1. The molecule has 3 aromatic rings. The van der Waals surface area contributed by atoms with Crippen LogP contribution in [0.2, 0.25) is 0 Å². The maximum atomic E-state index is 12.7. The fourth-order valence-corrected chi connectivity index (χ4v) is 5.07. The molecule has 1 saturated heterocycles. The third-order valence-corrected chi connectivity index (χ3v) is 7.01. The SMILES string of the molecule is CSc1ccc(CCNC(=O)[C@H]2CCCN(c3nn4c(=O)cc(C)nc4s3)C2)cc1. The first-order chi connectivity index (χ1) is 14.5. The van der Waals surface area contributed by atoms with Gasteiger partial charge in [-0.05, 0) is 50.1 Å². The molecular formula is C21H25N5O2S2. The van der Waals surface area contributed by atoms with Crippen molar-refractivity contribution < 1.29 is 4.79 Å². The van der Waals surface area contributed by atoms with E-state index in [1.54, 1.807) is 18.7 Å². The van der Waals surface area contributed by atoms with Crippen LogP contribution < -0.4 is 15.8 Å². The van der Waals surface area contributed by atoms with E-state index in [9.17, 15) is 9.59 Å². The molecule has 0 radical (unpaired) electrons. The highest BCUT2D eigenvalue weighted by Gasteiger charge is 2.27. The largest absolute Gasteiger partial charge is 0.355 e. The van der Waals surface area contributed by atoms with Crippen LogP contribution in [0.4, 0.5) is 5.13 Å². The van der Waals surface area contributed by atoms with Crippen LogP contribution in [0, 0.1) is 12.8 Å². The van der Waals surface area contributed by atoms with Gasteiger partial charge < -0.3 is 10.2 Å². The predicted octanol–water partition coefficient (Wildman–Crippen LogP) is 2.76. The average molecular weight is 444 g/mol. The molecule has 2 aromatic heterocycles. The third kappa shape index (κ3) is 4.67. The van der Waals surface area contributed by atoms with Gasteiger partial charge in [-0.2, -0.15) is 4.52 Å². The Morgan fingerprint density at radius 2 is 2.13 bits per heavy atom. The number of hydrogen-bond donors (Lipinski definition) is 1. The van der Waals surface area contributed by atoms with E-state index in [2.05, 4.69) is 50.8 Å². The fourth-order valence-electron chi connectivity index (χ4n) is 3.67. The lowest BCUT2D eigenvalue weighted by molar-refractivity contribution is -0.125. The van der Waals surface area contributed by atoms with Gasteiger partial charge in [0.15, 0.2) is 0 Å². The second-order valence-corrected chi connectivity index (χ2v) is 9.30. The molecule has 1 atom stereocenters. The van der Waals surface area contributed by atoms with Crippen molar-refractivity contribution >= 4 is 39.1 Å². The number of fused-ring (bicyclic) bond motifs is 1. The monoisotopic (exact) mass is 443 g/mol. The van der Waals surface area contributed by atoms with E-state index in [1.165, 1.54) is 32.4 Å². The summed E-state index contributed by atoms with van der Waals surface area (Å²) in [4.78, 5) is 33.2. The summed E-state index contributed by atoms with van der Waals surface area (Å²) in [6.45, 7) is 3.88. The minimum Gasteiger partial charge on any atom is -0.355 e. The molecular weight excluding hydrogens is 418 g/mol. The number of carbonyl (C=O) groups is 1. The van der Waals surface area contributed by atoms with Gasteiger partial charge in [-0.25, -0.2) is 4.98 Å². The first kappa shape index (κ1) is 20.9. The number of aromatic nitrogens is 3. The molecule has 0 bridgehead atoms. The van der Waals surface area contributed by atoms with Crippen molar-refractivity contribution in [1.82, 2.24) is 19.9 Å². The van der Waals surface area contributed by atoms with Gasteiger partial charge in [0.1, 0.15) is 0 Å². The van der Waals surface area contributed by atoms with Gasteiger partial charge in [0, 0.05) is 36.3 Å². The van der Waals surface area contributed by atoms with Crippen molar-refractivity contribution in [2.24, 2.45) is 5.92 Å². The van der Waals surface area contributed by atoms with Crippen LogP contribution in [-0.2, 0) is 11.2 Å². The van der Waals surface area contributed by atoms with Crippen molar-refractivity contribution in [2.75, 3.05) is 30.8 Å². The molecule has 4 rings (SSSR count). The Hall–Kier alpha value is -2.39. The number of nitrogens with one attached hydrogen (secondary N) is 1. The maximum absolute atomic E-state index is 12.7. The first-order valence-corrected chi connectivity index (χ1v) is 12.1. The molecule has 1 aromatic carbocycles. The molecule has 158 valence electrons. The van der Waals surface area contributed by atoms with E-state index >= 15 is 0 Å². The van der Waals surface area contributed by atoms with E-state index in [4.69, 9.17) is 0 Å². The number of thioether (sulfide) groups is 1. The Balaban J connectivity index is 1.35. The molecule has 0 unspecified atom stereocenters. The van der Waals surface area contributed by atoms with Gasteiger partial charge in [-0.3, -0.25) is 9.59 Å². The molecule has 3 heterocycles. The summed E-state index contributed by atoms with van der Waals surface area (Å²) in [5.41, 5.74) is 1.74. The smallest absolute Gasteiger partial charge is 0.275 e. The first-order valence-electron chi connectivity index (χ1n) is 10.1. The highest BCUT2D eigenvalue weighted by Crippen LogP contribution is 2.27. The Morgan fingerprint density at radius 3 is 2.90 bits per heavy atom. The Bertz CT molecular complexity index is 1090. The van der Waals surface area contributed by atoms with Crippen LogP contribution in [0.25, 0.3) is 4.96 Å². The van der Waals surface area contributed by atoms with Crippen LogP contribution in [0.1, 0.15) is 24.1 Å². The standard InChI is InChI=1S/C21H25N5O2S2/c1-14-12-18(27)26-20(23-14)30-21(24-26)25-11-3-4-16(13-25)19(28)22-10-9-15-5-7-17(29-2)8-6-15/h5-8,12,16H,3-4,9-11,13H2,1-2H3,(H,22,28)/t16-/m0/s1. The molecule has 30 heavy (non-hydrogen) atoms. The molecule has 0 spiro atoms. The minimum absolute atomic E-state index is 0.0731. The van der Waals surface area contributed by atoms with Gasteiger partial charge in [-0.1, -0.05) is 23.5 Å². The predicted molar refractivity (Wildman–Crippen MR) is 122 cm³/mol. The van der Waals surface area contributed by atoms with Gasteiger partial charge in [-0.15, -0.1) is 16.9 Å². The normalized spacial score (nSPS) is 16.7. The van der Waals surface area contributed by atoms with Crippen molar-refractivity contribution in [2.45, 2.75) is 31.1 Å². The topological polar surface area (TPSA) is 79.6 Å². The van der Waals surface area contributed by atoms with E-state index in [-0.39, 0.29) is 17.4 Å². The van der Waals surface area contributed by atoms with Gasteiger partial charge in [0.25, 0.3) is 5.56 Å². The lowest BCUT2D eigenvalue weighted by Crippen LogP contribution is -2.43. The molecule has 1 fully saturated rings. The van der Waals surface area contributed by atoms with Crippen molar-refractivity contribution in [3.8, 4) is 0 Å². The number of hydrogen-bond acceptors (Lipinski definition) is 7. The van der Waals surface area contributed by atoms with Crippen LogP contribution in [0.3, 0.4) is 0 Å². The summed E-state index contributed by atoms with van der Waals surface area (Å²) in [5, 5.41) is 8.28. The number of benzene rings is 1. The zero-order valence-electron chi connectivity index (χ0n) is 17.1. The molecule has 1 aliphatic heterocycles. The van der Waals surface area contributed by atoms with Crippen LogP contribution >= 0.6 is 23.1 Å². The van der Waals surface area contributed by atoms with E-state index in [0.29, 0.717) is 23.7 Å². The molecule has 9 heteroatoms. The Morgan fingerprint density at radius 1 is 1.33 bits per heavy atom. The number of nitrogens with zero attached hydrogens (tertiary/aromatic N) is 4. The molecule has 7 nitrogen and oxygen atoms in total. The number of aryl methyl sites for hydroxylation is 1. The molecule has 1 amide bonds. The van der Waals surface area contributed by atoms with E-state index in [0.717, 1.165) is 30.9 Å². The van der Waals surface area contributed by atoms with Crippen molar-refractivity contribution in [1.29, 1.82) is 0 Å². The molecule has 0 aliphatic carbocycles. The van der Waals surface area contributed by atoms with Gasteiger partial charge in [0.2, 0.25) is 16.0 Å². The van der Waals surface area contributed by atoms with E-state index < -0.39 is 0 Å². The number of carbonyl (C=O) groups excluding carboxylic acids is 1. The van der Waals surface area contributed by atoms with Gasteiger partial charge >= 0.3 is 0 Å². The summed E-state index contributed by atoms with van der Waals surface area (Å²) in [5.74, 6) is 0.0173. The van der Waals surface area contributed by atoms with Gasteiger partial charge in [0.05, 0.1) is 5.92 Å². The zero-order valence-corrected chi connectivity index (χ0v) is 18.8. The molecule has 0 saturated carbocycles. The minimum atomic E-state index is -0.170. The summed E-state index contributed by atoms with van der Waals surface area (Å²) < 4.78 is 1.35. The number of rotatable bonds is 6. The summed E-state index contributed by atoms with van der Waals surface area (Å²) >= 11 is 3.12. The summed E-state index contributed by atoms with van der Waals surface area (Å²) in [6, 6.07) is 9.94. The number of anilines is 1. The molecule has 1 aliphatic rings. The second kappa shape index (κ2) is 9.18. The fraction of sp³-hybridized carbons (Fsp3) is 0.429. The quantitative estimate of drug-likeness (QED) is 0.590.